The number of pyridine rings is 1. The number of aromatic nitrogens is 1. The van der Waals surface area contributed by atoms with Crippen molar-refractivity contribution in [2.24, 2.45) is 0 Å². The highest BCUT2D eigenvalue weighted by Gasteiger charge is 2.14. The summed E-state index contributed by atoms with van der Waals surface area (Å²) in [6.07, 6.45) is 2.86. The minimum atomic E-state index is -0.356. The molecule has 27 heavy (non-hydrogen) atoms. The number of rotatable bonds is 8. The van der Waals surface area contributed by atoms with E-state index in [-0.39, 0.29) is 17.9 Å². The Morgan fingerprint density at radius 1 is 1.11 bits per heavy atom. The third-order valence-corrected chi connectivity index (χ3v) is 3.61. The Morgan fingerprint density at radius 2 is 1.78 bits per heavy atom. The summed E-state index contributed by atoms with van der Waals surface area (Å²) in [6, 6.07) is 8.74. The number of carbonyl (C=O) groups is 2. The molecule has 144 valence electrons. The first-order chi connectivity index (χ1) is 12.9. The van der Waals surface area contributed by atoms with Crippen LogP contribution in [-0.4, -0.2) is 55.0 Å². The Hall–Kier alpha value is -2.93. The van der Waals surface area contributed by atoms with Gasteiger partial charge in [-0.25, -0.2) is 0 Å². The topological polar surface area (TPSA) is 83.6 Å². The molecule has 1 heterocycles. The van der Waals surface area contributed by atoms with Gasteiger partial charge in [0.25, 0.3) is 11.8 Å². The Balaban J connectivity index is 2.08. The second-order valence-electron chi connectivity index (χ2n) is 6.64. The van der Waals surface area contributed by atoms with Crippen molar-refractivity contribution >= 4 is 17.5 Å². The van der Waals surface area contributed by atoms with Crippen molar-refractivity contribution in [1.29, 1.82) is 0 Å². The van der Waals surface area contributed by atoms with E-state index in [1.165, 1.54) is 18.5 Å². The molecule has 0 fully saturated rings. The number of nitrogens with zero attached hydrogens (tertiary/aromatic N) is 2. The summed E-state index contributed by atoms with van der Waals surface area (Å²) in [6.45, 7) is 5.08. The molecule has 0 aliphatic rings. The third-order valence-electron chi connectivity index (χ3n) is 3.61. The highest BCUT2D eigenvalue weighted by atomic mass is 16.5. The monoisotopic (exact) mass is 370 g/mol. The number of likely N-dealkylation sites (N-methyl/N-ethyl adjacent to an activating group) is 1. The van der Waals surface area contributed by atoms with Gasteiger partial charge in [0.2, 0.25) is 0 Å². The van der Waals surface area contributed by atoms with Gasteiger partial charge >= 0.3 is 0 Å². The number of amides is 2. The second kappa shape index (κ2) is 9.68. The summed E-state index contributed by atoms with van der Waals surface area (Å²) in [5.74, 6) is -0.0285. The zero-order valence-corrected chi connectivity index (χ0v) is 16.2. The molecule has 0 bridgehead atoms. The van der Waals surface area contributed by atoms with Crippen LogP contribution in [0.25, 0.3) is 0 Å². The van der Waals surface area contributed by atoms with Crippen LogP contribution in [0.1, 0.15) is 34.6 Å². The smallest absolute Gasteiger partial charge is 0.257 e. The van der Waals surface area contributed by atoms with Crippen LogP contribution in [0.5, 0.6) is 5.75 Å². The van der Waals surface area contributed by atoms with Gasteiger partial charge in [0.15, 0.2) is 0 Å². The van der Waals surface area contributed by atoms with E-state index in [1.54, 1.807) is 12.1 Å². The number of anilines is 1. The van der Waals surface area contributed by atoms with Crippen molar-refractivity contribution in [3.63, 3.8) is 0 Å². The number of nitrogens with one attached hydrogen (secondary N) is 2. The molecule has 0 atom stereocenters. The number of carbonyl (C=O) groups excluding carboxylic acids is 2. The fourth-order valence-electron chi connectivity index (χ4n) is 2.30. The van der Waals surface area contributed by atoms with Crippen molar-refractivity contribution in [2.45, 2.75) is 20.0 Å². The first-order valence-electron chi connectivity index (χ1n) is 8.82. The highest BCUT2D eigenvalue weighted by molar-refractivity contribution is 6.06. The largest absolute Gasteiger partial charge is 0.489 e. The molecule has 7 heteroatoms. The standard InChI is InChI=1S/C20H26N4O3/c1-14(2)27-18-8-6-5-7-17(18)23-20(26)16-11-15(12-21-13-16)19(25)22-9-10-24(3)4/h5-8,11-14H,9-10H2,1-4H3,(H,22,25)(H,23,26). The summed E-state index contributed by atoms with van der Waals surface area (Å²) < 4.78 is 5.71. The van der Waals surface area contributed by atoms with Gasteiger partial charge < -0.3 is 20.3 Å². The van der Waals surface area contributed by atoms with Crippen LogP contribution in [0, 0.1) is 0 Å². The van der Waals surface area contributed by atoms with Crippen molar-refractivity contribution in [1.82, 2.24) is 15.2 Å². The number of benzene rings is 1. The van der Waals surface area contributed by atoms with Crippen LogP contribution >= 0.6 is 0 Å². The maximum absolute atomic E-state index is 12.6. The van der Waals surface area contributed by atoms with E-state index in [0.29, 0.717) is 29.1 Å². The average Bonchev–Trinajstić information content (AvgIpc) is 2.62. The van der Waals surface area contributed by atoms with Crippen molar-refractivity contribution in [3.8, 4) is 5.75 Å². The van der Waals surface area contributed by atoms with Gasteiger partial charge in [-0.15, -0.1) is 0 Å². The minimum Gasteiger partial charge on any atom is -0.489 e. The quantitative estimate of drug-likeness (QED) is 0.746. The fourth-order valence-corrected chi connectivity index (χ4v) is 2.30. The predicted octanol–water partition coefficient (Wildman–Crippen LogP) is 2.41. The molecular formula is C20H26N4O3. The van der Waals surface area contributed by atoms with E-state index in [0.717, 1.165) is 6.54 Å². The molecule has 0 spiro atoms. The maximum atomic E-state index is 12.6. The zero-order chi connectivity index (χ0) is 19.8. The summed E-state index contributed by atoms with van der Waals surface area (Å²) >= 11 is 0. The molecule has 2 rings (SSSR count). The van der Waals surface area contributed by atoms with Crippen LogP contribution in [0.15, 0.2) is 42.7 Å². The third kappa shape index (κ3) is 6.38. The summed E-state index contributed by atoms with van der Waals surface area (Å²) in [4.78, 5) is 30.8. The lowest BCUT2D eigenvalue weighted by molar-refractivity contribution is 0.0950. The molecule has 1 aromatic heterocycles. The first kappa shape index (κ1) is 20.4. The predicted molar refractivity (Wildman–Crippen MR) is 105 cm³/mol. The molecule has 0 unspecified atom stereocenters. The van der Waals surface area contributed by atoms with Gasteiger partial charge in [0.1, 0.15) is 5.75 Å². The van der Waals surface area contributed by atoms with Gasteiger partial charge in [0, 0.05) is 25.5 Å². The lowest BCUT2D eigenvalue weighted by Crippen LogP contribution is -2.31. The Kier molecular flexibility index (Phi) is 7.31. The summed E-state index contributed by atoms with van der Waals surface area (Å²) in [7, 11) is 3.86. The molecule has 0 saturated carbocycles. The highest BCUT2D eigenvalue weighted by Crippen LogP contribution is 2.25. The Morgan fingerprint density at radius 3 is 2.44 bits per heavy atom. The van der Waals surface area contributed by atoms with Crippen LogP contribution in [0.4, 0.5) is 5.69 Å². The lowest BCUT2D eigenvalue weighted by Gasteiger charge is -2.15. The fraction of sp³-hybridized carbons (Fsp3) is 0.350. The number of ether oxygens (including phenoxy) is 1. The van der Waals surface area contributed by atoms with Crippen molar-refractivity contribution < 1.29 is 14.3 Å². The zero-order valence-electron chi connectivity index (χ0n) is 16.2. The number of hydrogen-bond donors (Lipinski definition) is 2. The van der Waals surface area contributed by atoms with Crippen molar-refractivity contribution in [2.75, 3.05) is 32.5 Å². The molecule has 0 aliphatic carbocycles. The van der Waals surface area contributed by atoms with Gasteiger partial charge in [-0.3, -0.25) is 14.6 Å². The van der Waals surface area contributed by atoms with E-state index in [9.17, 15) is 9.59 Å². The normalized spacial score (nSPS) is 10.7. The van der Waals surface area contributed by atoms with Crippen LogP contribution < -0.4 is 15.4 Å². The van der Waals surface area contributed by atoms with Gasteiger partial charge in [-0.1, -0.05) is 12.1 Å². The molecule has 1 aromatic carbocycles. The van der Waals surface area contributed by atoms with E-state index < -0.39 is 0 Å². The molecule has 0 radical (unpaired) electrons. The molecular weight excluding hydrogens is 344 g/mol. The van der Waals surface area contributed by atoms with Crippen molar-refractivity contribution in [3.05, 3.63) is 53.9 Å². The molecule has 2 aromatic rings. The van der Waals surface area contributed by atoms with E-state index in [2.05, 4.69) is 15.6 Å². The molecule has 0 saturated heterocycles. The number of para-hydroxylation sites is 2. The number of hydrogen-bond acceptors (Lipinski definition) is 5. The Bertz CT molecular complexity index is 790. The van der Waals surface area contributed by atoms with Gasteiger partial charge in [-0.2, -0.15) is 0 Å². The average molecular weight is 370 g/mol. The summed E-state index contributed by atoms with van der Waals surface area (Å²) in [5, 5.41) is 5.62. The van der Waals surface area contributed by atoms with Gasteiger partial charge in [-0.05, 0) is 46.1 Å². The SMILES string of the molecule is CC(C)Oc1ccccc1NC(=O)c1cncc(C(=O)NCCN(C)C)c1. The van der Waals surface area contributed by atoms with E-state index in [1.807, 2.05) is 45.0 Å². The minimum absolute atomic E-state index is 0.0149. The molecule has 7 nitrogen and oxygen atoms in total. The van der Waals surface area contributed by atoms with Crippen LogP contribution in [0.3, 0.4) is 0 Å². The molecule has 2 N–H and O–H groups in total. The van der Waals surface area contributed by atoms with E-state index >= 15 is 0 Å². The van der Waals surface area contributed by atoms with E-state index in [4.69, 9.17) is 4.74 Å². The van der Waals surface area contributed by atoms with Crippen LogP contribution in [-0.2, 0) is 0 Å². The Labute approximate surface area is 159 Å². The van der Waals surface area contributed by atoms with Crippen LogP contribution in [0.2, 0.25) is 0 Å². The first-order valence-corrected chi connectivity index (χ1v) is 8.82. The second-order valence-corrected chi connectivity index (χ2v) is 6.64. The lowest BCUT2D eigenvalue weighted by atomic mass is 10.1. The molecule has 2 amide bonds. The van der Waals surface area contributed by atoms with Gasteiger partial charge in [0.05, 0.1) is 22.9 Å². The summed E-state index contributed by atoms with van der Waals surface area (Å²) in [5.41, 5.74) is 1.21. The maximum Gasteiger partial charge on any atom is 0.257 e. The molecule has 0 aliphatic heterocycles.